The Bertz CT molecular complexity index is 660. The van der Waals surface area contributed by atoms with Crippen LogP contribution in [-0.4, -0.2) is 53.6 Å². The number of rotatable bonds is 4. The van der Waals surface area contributed by atoms with Gasteiger partial charge in [0, 0.05) is 35.8 Å². The molecule has 1 N–H and O–H groups in total. The summed E-state index contributed by atoms with van der Waals surface area (Å²) in [6.07, 6.45) is 0. The van der Waals surface area contributed by atoms with Gasteiger partial charge in [0.05, 0.1) is 25.5 Å². The van der Waals surface area contributed by atoms with Gasteiger partial charge in [0.25, 0.3) is 0 Å². The molecule has 1 saturated heterocycles. The Morgan fingerprint density at radius 3 is 2.87 bits per heavy atom. The van der Waals surface area contributed by atoms with Crippen molar-refractivity contribution in [2.45, 2.75) is 20.4 Å². The predicted molar refractivity (Wildman–Crippen MR) is 90.8 cm³/mol. The van der Waals surface area contributed by atoms with E-state index in [0.717, 1.165) is 11.4 Å². The van der Waals surface area contributed by atoms with Crippen molar-refractivity contribution in [1.29, 1.82) is 0 Å². The first-order valence-electron chi connectivity index (χ1n) is 7.85. The molecule has 2 aromatic rings. The van der Waals surface area contributed by atoms with Crippen molar-refractivity contribution in [3.63, 3.8) is 0 Å². The van der Waals surface area contributed by atoms with Gasteiger partial charge < -0.3 is 15.0 Å². The molecule has 1 aliphatic rings. The summed E-state index contributed by atoms with van der Waals surface area (Å²) in [6, 6.07) is 4.15. The summed E-state index contributed by atoms with van der Waals surface area (Å²) in [5, 5.41) is 9.66. The van der Waals surface area contributed by atoms with E-state index in [1.807, 2.05) is 11.6 Å². The number of aromatic nitrogens is 2. The highest BCUT2D eigenvalue weighted by Crippen LogP contribution is 2.30. The maximum absolute atomic E-state index is 12.1. The van der Waals surface area contributed by atoms with E-state index in [2.05, 4.69) is 34.9 Å². The Balaban J connectivity index is 1.58. The van der Waals surface area contributed by atoms with Gasteiger partial charge in [-0.2, -0.15) is 5.10 Å². The molecule has 3 heterocycles. The lowest BCUT2D eigenvalue weighted by molar-refractivity contribution is 0.0532. The summed E-state index contributed by atoms with van der Waals surface area (Å²) in [5.41, 5.74) is 3.38. The number of thiophene rings is 1. The number of aryl methyl sites for hydroxylation is 1. The molecule has 1 aliphatic heterocycles. The molecule has 0 aliphatic carbocycles. The molecule has 0 spiro atoms. The van der Waals surface area contributed by atoms with Crippen molar-refractivity contribution in [3.8, 4) is 10.4 Å². The van der Waals surface area contributed by atoms with Crippen molar-refractivity contribution in [1.82, 2.24) is 20.0 Å². The highest BCUT2D eigenvalue weighted by atomic mass is 32.1. The third-order valence-corrected chi connectivity index (χ3v) is 4.93. The highest BCUT2D eigenvalue weighted by molar-refractivity contribution is 7.13. The molecule has 7 heteroatoms. The molecule has 0 atom stereocenters. The molecule has 1 fully saturated rings. The fourth-order valence-electron chi connectivity index (χ4n) is 2.84. The van der Waals surface area contributed by atoms with Crippen molar-refractivity contribution in [2.75, 3.05) is 32.8 Å². The van der Waals surface area contributed by atoms with E-state index in [0.29, 0.717) is 39.4 Å². The number of ether oxygens (including phenoxy) is 1. The molecule has 2 amide bonds. The summed E-state index contributed by atoms with van der Waals surface area (Å²) in [6.45, 7) is 7.92. The van der Waals surface area contributed by atoms with Crippen LogP contribution in [0, 0.1) is 13.8 Å². The van der Waals surface area contributed by atoms with Gasteiger partial charge in [-0.15, -0.1) is 11.3 Å². The molecule has 0 saturated carbocycles. The Labute approximate surface area is 140 Å². The molecule has 0 unspecified atom stereocenters. The number of hydrogen-bond acceptors (Lipinski definition) is 4. The average molecular weight is 334 g/mol. The summed E-state index contributed by atoms with van der Waals surface area (Å²) in [4.78, 5) is 15.1. The Kier molecular flexibility index (Phi) is 4.97. The Morgan fingerprint density at radius 1 is 1.39 bits per heavy atom. The van der Waals surface area contributed by atoms with E-state index >= 15 is 0 Å². The standard InChI is InChI=1S/C16H22N4O2S/c1-12-15(14-4-3-11-23-14)13(2)20(18-12)6-5-17-16(21)19-7-9-22-10-8-19/h3-4,11H,5-10H2,1-2H3,(H,17,21). The third kappa shape index (κ3) is 3.56. The zero-order chi connectivity index (χ0) is 16.2. The van der Waals surface area contributed by atoms with Crippen LogP contribution in [-0.2, 0) is 11.3 Å². The summed E-state index contributed by atoms with van der Waals surface area (Å²) in [5.74, 6) is 0. The third-order valence-electron chi connectivity index (χ3n) is 4.05. The second kappa shape index (κ2) is 7.14. The molecule has 124 valence electrons. The van der Waals surface area contributed by atoms with Crippen LogP contribution in [0.2, 0.25) is 0 Å². The maximum atomic E-state index is 12.1. The van der Waals surface area contributed by atoms with Crippen LogP contribution in [0.15, 0.2) is 17.5 Å². The molecule has 0 bridgehead atoms. The molecular weight excluding hydrogens is 312 g/mol. The first-order chi connectivity index (χ1) is 11.2. The van der Waals surface area contributed by atoms with E-state index in [4.69, 9.17) is 4.74 Å². The van der Waals surface area contributed by atoms with E-state index < -0.39 is 0 Å². The van der Waals surface area contributed by atoms with Crippen LogP contribution in [0.3, 0.4) is 0 Å². The minimum absolute atomic E-state index is 0.0201. The zero-order valence-corrected chi connectivity index (χ0v) is 14.4. The van der Waals surface area contributed by atoms with Crippen LogP contribution in [0.25, 0.3) is 10.4 Å². The van der Waals surface area contributed by atoms with Gasteiger partial charge >= 0.3 is 6.03 Å². The molecule has 3 rings (SSSR count). The number of hydrogen-bond donors (Lipinski definition) is 1. The molecule has 0 aromatic carbocycles. The number of morpholine rings is 1. The van der Waals surface area contributed by atoms with Gasteiger partial charge in [-0.3, -0.25) is 4.68 Å². The number of carbonyl (C=O) groups is 1. The number of amides is 2. The quantitative estimate of drug-likeness (QED) is 0.933. The van der Waals surface area contributed by atoms with Gasteiger partial charge in [-0.05, 0) is 25.3 Å². The molecular formula is C16H22N4O2S. The second-order valence-electron chi connectivity index (χ2n) is 5.58. The van der Waals surface area contributed by atoms with Crippen LogP contribution < -0.4 is 5.32 Å². The maximum Gasteiger partial charge on any atom is 0.317 e. The zero-order valence-electron chi connectivity index (χ0n) is 13.5. The van der Waals surface area contributed by atoms with E-state index in [1.54, 1.807) is 16.2 Å². The van der Waals surface area contributed by atoms with E-state index in [1.165, 1.54) is 10.4 Å². The Hall–Kier alpha value is -1.86. The van der Waals surface area contributed by atoms with E-state index in [-0.39, 0.29) is 6.03 Å². The van der Waals surface area contributed by atoms with E-state index in [9.17, 15) is 4.79 Å². The Morgan fingerprint density at radius 2 is 2.17 bits per heavy atom. The van der Waals surface area contributed by atoms with Crippen molar-refractivity contribution in [2.24, 2.45) is 0 Å². The van der Waals surface area contributed by atoms with Gasteiger partial charge in [-0.1, -0.05) is 6.07 Å². The predicted octanol–water partition coefficient (Wildman–Crippen LogP) is 2.27. The lowest BCUT2D eigenvalue weighted by Gasteiger charge is -2.26. The number of urea groups is 1. The smallest absolute Gasteiger partial charge is 0.317 e. The normalized spacial score (nSPS) is 15.0. The first kappa shape index (κ1) is 16.0. The fourth-order valence-corrected chi connectivity index (χ4v) is 3.71. The number of nitrogens with zero attached hydrogens (tertiary/aromatic N) is 3. The number of nitrogens with one attached hydrogen (secondary N) is 1. The second-order valence-corrected chi connectivity index (χ2v) is 6.53. The minimum atomic E-state index is -0.0201. The van der Waals surface area contributed by atoms with Gasteiger partial charge in [0.15, 0.2) is 0 Å². The molecule has 23 heavy (non-hydrogen) atoms. The van der Waals surface area contributed by atoms with Gasteiger partial charge in [0.1, 0.15) is 0 Å². The van der Waals surface area contributed by atoms with Crippen molar-refractivity contribution < 1.29 is 9.53 Å². The van der Waals surface area contributed by atoms with Gasteiger partial charge in [-0.25, -0.2) is 4.79 Å². The van der Waals surface area contributed by atoms with Crippen LogP contribution >= 0.6 is 11.3 Å². The SMILES string of the molecule is Cc1nn(CCNC(=O)N2CCOCC2)c(C)c1-c1cccs1. The fraction of sp³-hybridized carbons (Fsp3) is 0.500. The molecule has 6 nitrogen and oxygen atoms in total. The van der Waals surface area contributed by atoms with Gasteiger partial charge in [0.2, 0.25) is 0 Å². The molecule has 2 aromatic heterocycles. The lowest BCUT2D eigenvalue weighted by Crippen LogP contribution is -2.46. The average Bonchev–Trinajstić information content (AvgIpc) is 3.17. The lowest BCUT2D eigenvalue weighted by atomic mass is 10.1. The van der Waals surface area contributed by atoms with Crippen LogP contribution in [0.4, 0.5) is 4.79 Å². The topological polar surface area (TPSA) is 59.4 Å². The summed E-state index contributed by atoms with van der Waals surface area (Å²) < 4.78 is 7.23. The first-order valence-corrected chi connectivity index (χ1v) is 8.73. The summed E-state index contributed by atoms with van der Waals surface area (Å²) >= 11 is 1.72. The number of carbonyl (C=O) groups excluding carboxylic acids is 1. The summed E-state index contributed by atoms with van der Waals surface area (Å²) in [7, 11) is 0. The minimum Gasteiger partial charge on any atom is -0.378 e. The van der Waals surface area contributed by atoms with Crippen molar-refractivity contribution >= 4 is 17.4 Å². The monoisotopic (exact) mass is 334 g/mol. The highest BCUT2D eigenvalue weighted by Gasteiger charge is 2.17. The largest absolute Gasteiger partial charge is 0.378 e. The van der Waals surface area contributed by atoms with Crippen LogP contribution in [0.5, 0.6) is 0 Å². The van der Waals surface area contributed by atoms with Crippen molar-refractivity contribution in [3.05, 3.63) is 28.9 Å². The van der Waals surface area contributed by atoms with Crippen LogP contribution in [0.1, 0.15) is 11.4 Å². The molecule has 0 radical (unpaired) electrons.